The summed E-state index contributed by atoms with van der Waals surface area (Å²) in [5.74, 6) is -2.58. The second kappa shape index (κ2) is 10.2. The van der Waals surface area contributed by atoms with E-state index in [4.69, 9.17) is 14.6 Å². The van der Waals surface area contributed by atoms with Crippen LogP contribution in [0.2, 0.25) is 0 Å². The highest BCUT2D eigenvalue weighted by molar-refractivity contribution is 6.03. The quantitative estimate of drug-likeness (QED) is 0.286. The van der Waals surface area contributed by atoms with Gasteiger partial charge in [-0.2, -0.15) is 0 Å². The largest absolute Gasteiger partial charge is 0.478 e. The third-order valence-electron chi connectivity index (χ3n) is 2.33. The van der Waals surface area contributed by atoms with E-state index in [2.05, 4.69) is 19.7 Å². The zero-order chi connectivity index (χ0) is 16.3. The summed E-state index contributed by atoms with van der Waals surface area (Å²) < 4.78 is 9.66. The lowest BCUT2D eigenvalue weighted by molar-refractivity contribution is -0.141. The summed E-state index contributed by atoms with van der Waals surface area (Å²) in [6.07, 6.45) is 4.20. The number of hydrogen-bond donors (Lipinski definition) is 1. The summed E-state index contributed by atoms with van der Waals surface area (Å²) in [4.78, 5) is 33.4. The van der Waals surface area contributed by atoms with Gasteiger partial charge in [0.05, 0.1) is 24.4 Å². The normalized spacial score (nSPS) is 10.9. The molecular formula is C15H18O6. The minimum absolute atomic E-state index is 0.0753. The maximum Gasteiger partial charge on any atom is 0.338 e. The Morgan fingerprint density at radius 1 is 0.857 bits per heavy atom. The van der Waals surface area contributed by atoms with Crippen molar-refractivity contribution in [3.05, 3.63) is 49.1 Å². The average Bonchev–Trinajstić information content (AvgIpc) is 2.46. The maximum atomic E-state index is 11.7. The molecule has 0 aliphatic carbocycles. The van der Waals surface area contributed by atoms with E-state index < -0.39 is 17.9 Å². The molecule has 6 heteroatoms. The van der Waals surface area contributed by atoms with Crippen molar-refractivity contribution in [2.45, 2.75) is 12.8 Å². The SMILES string of the molecule is C=CC(=O)OCCCCOC(=O)/C(C=C)=C(/C=C)C(=O)O. The lowest BCUT2D eigenvalue weighted by atomic mass is 10.1. The Kier molecular flexibility index (Phi) is 8.92. The first-order valence-electron chi connectivity index (χ1n) is 6.16. The van der Waals surface area contributed by atoms with Crippen molar-refractivity contribution < 1.29 is 29.0 Å². The number of carbonyl (C=O) groups is 3. The average molecular weight is 294 g/mol. The van der Waals surface area contributed by atoms with E-state index in [1.165, 1.54) is 0 Å². The molecule has 114 valence electrons. The molecule has 0 radical (unpaired) electrons. The smallest absolute Gasteiger partial charge is 0.338 e. The number of aliphatic carboxylic acids is 1. The monoisotopic (exact) mass is 294 g/mol. The number of carboxylic acid groups (broad SMARTS) is 1. The van der Waals surface area contributed by atoms with E-state index in [-0.39, 0.29) is 24.4 Å². The molecular weight excluding hydrogens is 276 g/mol. The van der Waals surface area contributed by atoms with Gasteiger partial charge in [-0.05, 0) is 12.8 Å². The van der Waals surface area contributed by atoms with Crippen LogP contribution in [0.3, 0.4) is 0 Å². The lowest BCUT2D eigenvalue weighted by Gasteiger charge is -2.07. The predicted octanol–water partition coefficient (Wildman–Crippen LogP) is 1.79. The van der Waals surface area contributed by atoms with E-state index in [9.17, 15) is 14.4 Å². The summed E-state index contributed by atoms with van der Waals surface area (Å²) in [5.41, 5.74) is -0.425. The topological polar surface area (TPSA) is 89.9 Å². The van der Waals surface area contributed by atoms with Crippen LogP contribution in [0.15, 0.2) is 49.1 Å². The van der Waals surface area contributed by atoms with Crippen molar-refractivity contribution >= 4 is 17.9 Å². The molecule has 6 nitrogen and oxygen atoms in total. The summed E-state index contributed by atoms with van der Waals surface area (Å²) >= 11 is 0. The van der Waals surface area contributed by atoms with Crippen LogP contribution in [0.1, 0.15) is 12.8 Å². The predicted molar refractivity (Wildman–Crippen MR) is 76.4 cm³/mol. The van der Waals surface area contributed by atoms with Gasteiger partial charge in [-0.25, -0.2) is 14.4 Å². The molecule has 0 unspecified atom stereocenters. The number of unbranched alkanes of at least 4 members (excludes halogenated alkanes) is 1. The van der Waals surface area contributed by atoms with Gasteiger partial charge < -0.3 is 14.6 Å². The van der Waals surface area contributed by atoms with Gasteiger partial charge in [0.25, 0.3) is 0 Å². The van der Waals surface area contributed by atoms with E-state index in [0.29, 0.717) is 12.8 Å². The highest BCUT2D eigenvalue weighted by atomic mass is 16.5. The van der Waals surface area contributed by atoms with Crippen LogP contribution < -0.4 is 0 Å². The zero-order valence-corrected chi connectivity index (χ0v) is 11.7. The highest BCUT2D eigenvalue weighted by Gasteiger charge is 2.16. The lowest BCUT2D eigenvalue weighted by Crippen LogP contribution is -2.13. The number of carboxylic acids is 1. The molecule has 0 saturated carbocycles. The molecule has 0 aliphatic rings. The maximum absolute atomic E-state index is 11.7. The van der Waals surface area contributed by atoms with Gasteiger partial charge in [-0.15, -0.1) is 0 Å². The molecule has 0 aromatic rings. The third-order valence-corrected chi connectivity index (χ3v) is 2.33. The molecule has 21 heavy (non-hydrogen) atoms. The van der Waals surface area contributed by atoms with Crippen LogP contribution in [0, 0.1) is 0 Å². The Bertz CT molecular complexity index is 473. The second-order valence-corrected chi connectivity index (χ2v) is 3.76. The molecule has 1 N–H and O–H groups in total. The van der Waals surface area contributed by atoms with Crippen LogP contribution >= 0.6 is 0 Å². The van der Waals surface area contributed by atoms with Crippen molar-refractivity contribution in [1.29, 1.82) is 0 Å². The van der Waals surface area contributed by atoms with Gasteiger partial charge >= 0.3 is 17.9 Å². The molecule has 0 aliphatic heterocycles. The fourth-order valence-corrected chi connectivity index (χ4v) is 1.29. The first-order valence-corrected chi connectivity index (χ1v) is 6.16. The summed E-state index contributed by atoms with van der Waals surface area (Å²) in [7, 11) is 0. The minimum atomic E-state index is -1.28. The van der Waals surface area contributed by atoms with E-state index in [0.717, 1.165) is 18.2 Å². The molecule has 0 amide bonds. The van der Waals surface area contributed by atoms with Gasteiger partial charge in [0.15, 0.2) is 0 Å². The molecule has 0 aromatic carbocycles. The van der Waals surface area contributed by atoms with Crippen LogP contribution in [-0.4, -0.2) is 36.2 Å². The molecule has 0 spiro atoms. The van der Waals surface area contributed by atoms with Gasteiger partial charge in [0.2, 0.25) is 0 Å². The standard InChI is InChI=1S/C15H18O6/c1-4-11(14(17)18)12(5-2)15(19)21-10-8-7-9-20-13(16)6-3/h4-6H,1-3,7-10H2,(H,17,18)/b12-11-. The fourth-order valence-electron chi connectivity index (χ4n) is 1.29. The Hall–Kier alpha value is -2.63. The minimum Gasteiger partial charge on any atom is -0.478 e. The number of esters is 2. The van der Waals surface area contributed by atoms with Crippen molar-refractivity contribution in [2.24, 2.45) is 0 Å². The number of ether oxygens (including phenoxy) is 2. The number of carbonyl (C=O) groups excluding carboxylic acids is 2. The Morgan fingerprint density at radius 3 is 1.81 bits per heavy atom. The van der Waals surface area contributed by atoms with Crippen molar-refractivity contribution in [3.63, 3.8) is 0 Å². The first-order chi connectivity index (χ1) is 9.97. The van der Waals surface area contributed by atoms with Crippen molar-refractivity contribution in [2.75, 3.05) is 13.2 Å². The van der Waals surface area contributed by atoms with Gasteiger partial charge in [-0.3, -0.25) is 0 Å². The molecule has 0 saturated heterocycles. The molecule has 0 heterocycles. The molecule has 0 atom stereocenters. The second-order valence-electron chi connectivity index (χ2n) is 3.76. The van der Waals surface area contributed by atoms with E-state index in [1.54, 1.807) is 0 Å². The van der Waals surface area contributed by atoms with Gasteiger partial charge in [-0.1, -0.05) is 31.9 Å². The van der Waals surface area contributed by atoms with Crippen LogP contribution in [-0.2, 0) is 23.9 Å². The number of rotatable bonds is 10. The van der Waals surface area contributed by atoms with Crippen LogP contribution in [0.25, 0.3) is 0 Å². The van der Waals surface area contributed by atoms with Gasteiger partial charge in [0, 0.05) is 6.08 Å². The first kappa shape index (κ1) is 18.4. The fraction of sp³-hybridized carbons (Fsp3) is 0.267. The Morgan fingerprint density at radius 2 is 1.38 bits per heavy atom. The third kappa shape index (κ3) is 6.91. The van der Waals surface area contributed by atoms with Crippen molar-refractivity contribution in [1.82, 2.24) is 0 Å². The molecule has 0 rings (SSSR count). The molecule has 0 bridgehead atoms. The zero-order valence-electron chi connectivity index (χ0n) is 11.7. The van der Waals surface area contributed by atoms with Crippen molar-refractivity contribution in [3.8, 4) is 0 Å². The van der Waals surface area contributed by atoms with E-state index >= 15 is 0 Å². The Balaban J connectivity index is 4.27. The number of hydrogen-bond acceptors (Lipinski definition) is 5. The summed E-state index contributed by atoms with van der Waals surface area (Å²) in [5, 5.41) is 8.90. The summed E-state index contributed by atoms with van der Waals surface area (Å²) in [6.45, 7) is 10.2. The molecule has 0 fully saturated rings. The highest BCUT2D eigenvalue weighted by Crippen LogP contribution is 2.10. The summed E-state index contributed by atoms with van der Waals surface area (Å²) in [6, 6.07) is 0. The Labute approximate surface area is 123 Å². The van der Waals surface area contributed by atoms with E-state index in [1.807, 2.05) is 0 Å². The van der Waals surface area contributed by atoms with Crippen LogP contribution in [0.4, 0.5) is 0 Å². The van der Waals surface area contributed by atoms with Gasteiger partial charge in [0.1, 0.15) is 0 Å². The van der Waals surface area contributed by atoms with Crippen LogP contribution in [0.5, 0.6) is 0 Å². The molecule has 0 aromatic heterocycles.